The second kappa shape index (κ2) is 9.06. The number of carbonyl (C=O) groups excluding carboxylic acids is 1. The third kappa shape index (κ3) is 6.04. The fourth-order valence-corrected chi connectivity index (χ4v) is 3.70. The SMILES string of the molecule is CC(C)(C)OC(=O)[C@@]1(Cc2ccc(C(=O)O)cc2)CC[C@H](COc2cccc(F)c2)N1. The molecule has 0 radical (unpaired) electrons. The molecule has 0 amide bonds. The van der Waals surface area contributed by atoms with Crippen LogP contribution in [0, 0.1) is 5.82 Å². The molecule has 166 valence electrons. The zero-order chi connectivity index (χ0) is 22.6. The molecule has 2 aromatic rings. The quantitative estimate of drug-likeness (QED) is 0.648. The van der Waals surface area contributed by atoms with Crippen molar-refractivity contribution in [2.45, 2.75) is 57.2 Å². The smallest absolute Gasteiger partial charge is 0.335 e. The molecule has 2 aromatic carbocycles. The highest BCUT2D eigenvalue weighted by Crippen LogP contribution is 2.31. The molecule has 1 heterocycles. The van der Waals surface area contributed by atoms with Gasteiger partial charge >= 0.3 is 11.9 Å². The maximum Gasteiger partial charge on any atom is 0.335 e. The minimum absolute atomic E-state index is 0.117. The van der Waals surface area contributed by atoms with Crippen LogP contribution in [0.3, 0.4) is 0 Å². The highest BCUT2D eigenvalue weighted by molar-refractivity contribution is 5.87. The number of benzene rings is 2. The van der Waals surface area contributed by atoms with Gasteiger partial charge in [-0.15, -0.1) is 0 Å². The van der Waals surface area contributed by atoms with Gasteiger partial charge in [0.2, 0.25) is 0 Å². The Morgan fingerprint density at radius 1 is 1.19 bits per heavy atom. The number of hydrogen-bond donors (Lipinski definition) is 2. The Balaban J connectivity index is 1.75. The van der Waals surface area contributed by atoms with Crippen LogP contribution in [0.2, 0.25) is 0 Å². The van der Waals surface area contributed by atoms with E-state index < -0.39 is 17.1 Å². The molecular weight excluding hydrogens is 401 g/mol. The van der Waals surface area contributed by atoms with Gasteiger partial charge in [0.15, 0.2) is 0 Å². The Morgan fingerprint density at radius 2 is 1.90 bits per heavy atom. The maximum absolute atomic E-state index is 13.4. The second-order valence-electron chi connectivity index (χ2n) is 8.91. The lowest BCUT2D eigenvalue weighted by Gasteiger charge is -2.32. The lowest BCUT2D eigenvalue weighted by molar-refractivity contribution is -0.162. The van der Waals surface area contributed by atoms with Crippen LogP contribution in [0.15, 0.2) is 48.5 Å². The summed E-state index contributed by atoms with van der Waals surface area (Å²) in [7, 11) is 0. The monoisotopic (exact) mass is 429 g/mol. The number of carbonyl (C=O) groups is 2. The molecule has 1 fully saturated rings. The predicted octanol–water partition coefficient (Wildman–Crippen LogP) is 3.98. The summed E-state index contributed by atoms with van der Waals surface area (Å²) >= 11 is 0. The van der Waals surface area contributed by atoms with Crippen molar-refractivity contribution in [2.75, 3.05) is 6.61 Å². The third-order valence-corrected chi connectivity index (χ3v) is 5.14. The van der Waals surface area contributed by atoms with Gasteiger partial charge in [-0.05, 0) is 63.4 Å². The molecule has 0 saturated carbocycles. The third-order valence-electron chi connectivity index (χ3n) is 5.14. The average Bonchev–Trinajstić information content (AvgIpc) is 3.10. The number of aromatic carboxylic acids is 1. The molecule has 2 atom stereocenters. The fraction of sp³-hybridized carbons (Fsp3) is 0.417. The van der Waals surface area contributed by atoms with Gasteiger partial charge in [0.1, 0.15) is 29.3 Å². The standard InChI is InChI=1S/C24H28FNO5/c1-23(2,3)31-22(29)24(14-16-7-9-17(10-8-16)21(27)28)12-11-19(26-24)15-30-20-6-4-5-18(25)13-20/h4-10,13,19,26H,11-12,14-15H2,1-3H3,(H,27,28)/t19-,24+/m1/s1. The van der Waals surface area contributed by atoms with Gasteiger partial charge in [0.25, 0.3) is 0 Å². The predicted molar refractivity (Wildman–Crippen MR) is 114 cm³/mol. The number of halogens is 1. The largest absolute Gasteiger partial charge is 0.492 e. The number of esters is 1. The Bertz CT molecular complexity index is 938. The summed E-state index contributed by atoms with van der Waals surface area (Å²) < 4.78 is 24.8. The van der Waals surface area contributed by atoms with Gasteiger partial charge in [-0.2, -0.15) is 0 Å². The van der Waals surface area contributed by atoms with Crippen LogP contribution in [0.25, 0.3) is 0 Å². The van der Waals surface area contributed by atoms with E-state index in [1.54, 1.807) is 24.3 Å². The van der Waals surface area contributed by atoms with Crippen molar-refractivity contribution in [1.82, 2.24) is 5.32 Å². The molecule has 6 nitrogen and oxygen atoms in total. The average molecular weight is 429 g/mol. The summed E-state index contributed by atoms with van der Waals surface area (Å²) in [6.07, 6.45) is 1.58. The van der Waals surface area contributed by atoms with Crippen LogP contribution < -0.4 is 10.1 Å². The first-order valence-corrected chi connectivity index (χ1v) is 10.3. The summed E-state index contributed by atoms with van der Waals surface area (Å²) in [5.74, 6) is -1.29. The minimum atomic E-state index is -0.998. The minimum Gasteiger partial charge on any atom is -0.492 e. The van der Waals surface area contributed by atoms with E-state index in [1.165, 1.54) is 24.3 Å². The first-order valence-electron chi connectivity index (χ1n) is 10.3. The van der Waals surface area contributed by atoms with Crippen molar-refractivity contribution in [3.05, 3.63) is 65.5 Å². The van der Waals surface area contributed by atoms with E-state index in [2.05, 4.69) is 5.32 Å². The number of hydrogen-bond acceptors (Lipinski definition) is 5. The molecular formula is C24H28FNO5. The van der Waals surface area contributed by atoms with E-state index in [1.807, 2.05) is 20.8 Å². The van der Waals surface area contributed by atoms with E-state index in [9.17, 15) is 14.0 Å². The molecule has 2 N–H and O–H groups in total. The van der Waals surface area contributed by atoms with Crippen molar-refractivity contribution in [3.8, 4) is 5.75 Å². The summed E-state index contributed by atoms with van der Waals surface area (Å²) in [4.78, 5) is 24.3. The fourth-order valence-electron chi connectivity index (χ4n) is 3.70. The van der Waals surface area contributed by atoms with Crippen molar-refractivity contribution >= 4 is 11.9 Å². The highest BCUT2D eigenvalue weighted by atomic mass is 19.1. The van der Waals surface area contributed by atoms with Crippen LogP contribution >= 0.6 is 0 Å². The van der Waals surface area contributed by atoms with Gasteiger partial charge in [-0.25, -0.2) is 9.18 Å². The van der Waals surface area contributed by atoms with Crippen molar-refractivity contribution in [2.24, 2.45) is 0 Å². The van der Waals surface area contributed by atoms with Gasteiger partial charge < -0.3 is 14.6 Å². The van der Waals surface area contributed by atoms with E-state index in [4.69, 9.17) is 14.6 Å². The Hall–Kier alpha value is -2.93. The van der Waals surface area contributed by atoms with Gasteiger partial charge in [-0.1, -0.05) is 18.2 Å². The van der Waals surface area contributed by atoms with Crippen molar-refractivity contribution in [1.29, 1.82) is 0 Å². The van der Waals surface area contributed by atoms with Crippen LogP contribution in [0.1, 0.15) is 49.5 Å². The normalized spacial score (nSPS) is 21.0. The molecule has 0 bridgehead atoms. The van der Waals surface area contributed by atoms with Crippen molar-refractivity contribution in [3.63, 3.8) is 0 Å². The van der Waals surface area contributed by atoms with E-state index in [-0.39, 0.29) is 30.0 Å². The molecule has 1 aliphatic rings. The molecule has 1 aliphatic heterocycles. The molecule has 0 aliphatic carbocycles. The number of carboxylic acids is 1. The molecule has 0 aromatic heterocycles. The first kappa shape index (κ1) is 22.7. The second-order valence-corrected chi connectivity index (χ2v) is 8.91. The van der Waals surface area contributed by atoms with Gasteiger partial charge in [0.05, 0.1) is 5.56 Å². The molecule has 1 saturated heterocycles. The zero-order valence-electron chi connectivity index (χ0n) is 18.0. The van der Waals surface area contributed by atoms with Crippen LogP contribution in [0.5, 0.6) is 5.75 Å². The molecule has 0 spiro atoms. The number of ether oxygens (including phenoxy) is 2. The number of rotatable bonds is 7. The Morgan fingerprint density at radius 3 is 2.52 bits per heavy atom. The highest BCUT2D eigenvalue weighted by Gasteiger charge is 2.47. The summed E-state index contributed by atoms with van der Waals surface area (Å²) in [5.41, 5.74) is -0.575. The molecule has 7 heteroatoms. The summed E-state index contributed by atoms with van der Waals surface area (Å²) in [6, 6.07) is 12.3. The molecule has 3 rings (SSSR count). The first-order chi connectivity index (χ1) is 14.6. The molecule has 31 heavy (non-hydrogen) atoms. The lowest BCUT2D eigenvalue weighted by Crippen LogP contribution is -2.54. The van der Waals surface area contributed by atoms with Gasteiger partial charge in [0, 0.05) is 18.5 Å². The molecule has 0 unspecified atom stereocenters. The number of nitrogens with one attached hydrogen (secondary N) is 1. The van der Waals surface area contributed by atoms with Crippen LogP contribution in [0.4, 0.5) is 4.39 Å². The topological polar surface area (TPSA) is 84.9 Å². The maximum atomic E-state index is 13.4. The van der Waals surface area contributed by atoms with E-state index in [0.717, 1.165) is 5.56 Å². The van der Waals surface area contributed by atoms with E-state index in [0.29, 0.717) is 25.0 Å². The Labute approximate surface area is 181 Å². The van der Waals surface area contributed by atoms with Crippen molar-refractivity contribution < 1.29 is 28.6 Å². The van der Waals surface area contributed by atoms with Crippen LogP contribution in [-0.2, 0) is 16.0 Å². The zero-order valence-corrected chi connectivity index (χ0v) is 18.0. The van der Waals surface area contributed by atoms with Crippen LogP contribution in [-0.4, -0.2) is 40.8 Å². The Kier molecular flexibility index (Phi) is 6.65. The van der Waals surface area contributed by atoms with Gasteiger partial charge in [-0.3, -0.25) is 10.1 Å². The summed E-state index contributed by atoms with van der Waals surface area (Å²) in [6.45, 7) is 5.74. The number of carboxylic acid groups (broad SMARTS) is 1. The summed E-state index contributed by atoms with van der Waals surface area (Å²) in [5, 5.41) is 12.5. The lowest BCUT2D eigenvalue weighted by atomic mass is 9.88. The van der Waals surface area contributed by atoms with E-state index >= 15 is 0 Å².